The van der Waals surface area contributed by atoms with E-state index >= 15 is 0 Å². The molecule has 1 fully saturated rings. The number of fused-ring (bicyclic) bond motifs is 1. The van der Waals surface area contributed by atoms with Crippen LogP contribution in [0.15, 0.2) is 66.3 Å². The maximum atomic E-state index is 12.7. The summed E-state index contributed by atoms with van der Waals surface area (Å²) in [6.07, 6.45) is 11.7. The van der Waals surface area contributed by atoms with Gasteiger partial charge in [-0.05, 0) is 49.6 Å². The van der Waals surface area contributed by atoms with Crippen molar-refractivity contribution in [1.29, 1.82) is 0 Å². The predicted molar refractivity (Wildman–Crippen MR) is 138 cm³/mol. The van der Waals surface area contributed by atoms with E-state index in [9.17, 15) is 4.79 Å². The van der Waals surface area contributed by atoms with Gasteiger partial charge in [0, 0.05) is 18.1 Å². The molecule has 1 amide bonds. The van der Waals surface area contributed by atoms with E-state index in [1.807, 2.05) is 54.2 Å². The zero-order chi connectivity index (χ0) is 23.8. The third-order valence-electron chi connectivity index (χ3n) is 5.89. The standard InChI is InChI=1S/C25H23N5O3S2/c1-15-5-2-3-6-17(15)28-24(31)20-8-9-22(34-20)29-25-27-12-21(35-25)18-11-26-23-19(7-4-10-30(18)23)33-16-13-32-14-16/h2,4-5,7-12,16H,3,6,13-14H2,1H3,(H,27,29)(H,28,31). The van der Waals surface area contributed by atoms with Gasteiger partial charge >= 0.3 is 0 Å². The van der Waals surface area contributed by atoms with Crippen LogP contribution in [-0.4, -0.2) is 39.6 Å². The van der Waals surface area contributed by atoms with Crippen molar-refractivity contribution in [3.63, 3.8) is 0 Å². The molecule has 35 heavy (non-hydrogen) atoms. The normalized spacial score (nSPS) is 15.9. The molecule has 178 valence electrons. The minimum atomic E-state index is -0.0789. The average molecular weight is 506 g/mol. The number of carbonyl (C=O) groups excluding carboxylic acids is 1. The summed E-state index contributed by atoms with van der Waals surface area (Å²) >= 11 is 2.94. The second kappa shape index (κ2) is 9.29. The number of nitrogens with zero attached hydrogens (tertiary/aromatic N) is 3. The van der Waals surface area contributed by atoms with Gasteiger partial charge in [0.2, 0.25) is 0 Å². The molecule has 0 aromatic carbocycles. The fourth-order valence-electron chi connectivity index (χ4n) is 3.95. The number of pyridine rings is 1. The van der Waals surface area contributed by atoms with Crippen molar-refractivity contribution in [2.45, 2.75) is 25.9 Å². The van der Waals surface area contributed by atoms with E-state index in [0.29, 0.717) is 18.1 Å². The largest absolute Gasteiger partial charge is 0.482 e. The summed E-state index contributed by atoms with van der Waals surface area (Å²) in [6.45, 7) is 3.24. The van der Waals surface area contributed by atoms with Crippen LogP contribution >= 0.6 is 22.7 Å². The highest BCUT2D eigenvalue weighted by Gasteiger charge is 2.22. The second-order valence-electron chi connectivity index (χ2n) is 8.36. The van der Waals surface area contributed by atoms with Crippen molar-refractivity contribution in [1.82, 2.24) is 19.7 Å². The maximum Gasteiger partial charge on any atom is 0.265 e. The van der Waals surface area contributed by atoms with Gasteiger partial charge in [-0.25, -0.2) is 9.97 Å². The van der Waals surface area contributed by atoms with Crippen molar-refractivity contribution >= 4 is 44.4 Å². The Labute approximate surface area is 209 Å². The van der Waals surface area contributed by atoms with E-state index in [4.69, 9.17) is 9.47 Å². The fraction of sp³-hybridized carbons (Fsp3) is 0.240. The summed E-state index contributed by atoms with van der Waals surface area (Å²) < 4.78 is 13.2. The number of anilines is 2. The van der Waals surface area contributed by atoms with Crippen LogP contribution in [0.4, 0.5) is 10.1 Å². The molecular weight excluding hydrogens is 482 g/mol. The van der Waals surface area contributed by atoms with Crippen LogP contribution in [0.2, 0.25) is 0 Å². The number of nitrogens with one attached hydrogen (secondary N) is 2. The Balaban J connectivity index is 1.16. The molecule has 2 N–H and O–H groups in total. The zero-order valence-electron chi connectivity index (χ0n) is 19.0. The Morgan fingerprint density at radius 1 is 1.20 bits per heavy atom. The number of ether oxygens (including phenoxy) is 2. The lowest BCUT2D eigenvalue weighted by Crippen LogP contribution is -2.38. The summed E-state index contributed by atoms with van der Waals surface area (Å²) in [5, 5.41) is 8.00. The molecule has 4 aromatic heterocycles. The van der Waals surface area contributed by atoms with Crippen LogP contribution in [0, 0.1) is 0 Å². The molecule has 10 heteroatoms. The minimum Gasteiger partial charge on any atom is -0.482 e. The molecule has 1 aliphatic carbocycles. The first-order valence-corrected chi connectivity index (χ1v) is 13.0. The van der Waals surface area contributed by atoms with Crippen molar-refractivity contribution in [2.24, 2.45) is 0 Å². The van der Waals surface area contributed by atoms with Crippen LogP contribution in [0.25, 0.3) is 16.2 Å². The van der Waals surface area contributed by atoms with Crippen LogP contribution in [-0.2, 0) is 4.74 Å². The Morgan fingerprint density at radius 3 is 2.94 bits per heavy atom. The van der Waals surface area contributed by atoms with Crippen LogP contribution in [0.5, 0.6) is 5.75 Å². The Bertz CT molecular complexity index is 1460. The van der Waals surface area contributed by atoms with Crippen LogP contribution in [0.1, 0.15) is 29.4 Å². The summed E-state index contributed by atoms with van der Waals surface area (Å²) in [5.41, 5.74) is 3.81. The molecular formula is C25H23N5O3S2. The highest BCUT2D eigenvalue weighted by atomic mass is 32.1. The molecule has 0 radical (unpaired) electrons. The van der Waals surface area contributed by atoms with E-state index in [1.54, 1.807) is 0 Å². The number of imidazole rings is 1. The summed E-state index contributed by atoms with van der Waals surface area (Å²) in [6, 6.07) is 7.62. The van der Waals surface area contributed by atoms with Gasteiger partial charge in [-0.2, -0.15) is 0 Å². The number of rotatable bonds is 7. The molecule has 0 atom stereocenters. The average Bonchev–Trinajstić information content (AvgIpc) is 3.58. The molecule has 0 unspecified atom stereocenters. The Morgan fingerprint density at radius 2 is 2.11 bits per heavy atom. The summed E-state index contributed by atoms with van der Waals surface area (Å²) in [5.74, 6) is 0.666. The van der Waals surface area contributed by atoms with Gasteiger partial charge in [0.1, 0.15) is 6.10 Å². The second-order valence-corrected chi connectivity index (χ2v) is 10.5. The molecule has 2 aliphatic rings. The number of thiophene rings is 1. The van der Waals surface area contributed by atoms with E-state index < -0.39 is 0 Å². The zero-order valence-corrected chi connectivity index (χ0v) is 20.6. The van der Waals surface area contributed by atoms with Gasteiger partial charge in [0.05, 0.1) is 39.9 Å². The Hall–Kier alpha value is -3.47. The number of allylic oxidation sites excluding steroid dienone is 4. The SMILES string of the molecule is CC1=C(NC(=O)c2ccc(Nc3ncc(-c4cnc5c(OC6COC6)cccn45)s3)s2)CCC=C1. The summed E-state index contributed by atoms with van der Waals surface area (Å²) in [4.78, 5) is 23.5. The third-order valence-corrected chi connectivity index (χ3v) is 7.82. The summed E-state index contributed by atoms with van der Waals surface area (Å²) in [7, 11) is 0. The molecule has 4 aromatic rings. The lowest BCUT2D eigenvalue weighted by molar-refractivity contribution is -0.0792. The molecule has 1 aliphatic heterocycles. The molecule has 0 bridgehead atoms. The molecule has 1 saturated heterocycles. The molecule has 6 rings (SSSR count). The molecule has 0 saturated carbocycles. The van der Waals surface area contributed by atoms with Gasteiger partial charge in [0.15, 0.2) is 16.5 Å². The minimum absolute atomic E-state index is 0.0789. The number of carbonyl (C=O) groups is 1. The van der Waals surface area contributed by atoms with Crippen molar-refractivity contribution < 1.29 is 14.3 Å². The maximum absolute atomic E-state index is 12.7. The van der Waals surface area contributed by atoms with Crippen LogP contribution in [0.3, 0.4) is 0 Å². The van der Waals surface area contributed by atoms with E-state index in [2.05, 4.69) is 32.8 Å². The number of amides is 1. The quantitative estimate of drug-likeness (QED) is 0.350. The monoisotopic (exact) mass is 505 g/mol. The lowest BCUT2D eigenvalue weighted by atomic mass is 10.0. The van der Waals surface area contributed by atoms with Gasteiger partial charge in [0.25, 0.3) is 5.91 Å². The molecule has 0 spiro atoms. The first kappa shape index (κ1) is 22.0. The highest BCUT2D eigenvalue weighted by molar-refractivity contribution is 7.20. The van der Waals surface area contributed by atoms with Gasteiger partial charge in [-0.3, -0.25) is 9.20 Å². The van der Waals surface area contributed by atoms with E-state index in [-0.39, 0.29) is 12.0 Å². The Kier molecular flexibility index (Phi) is 5.85. The third kappa shape index (κ3) is 4.47. The van der Waals surface area contributed by atoms with Crippen molar-refractivity contribution in [3.05, 3.63) is 71.2 Å². The number of hydrogen-bond donors (Lipinski definition) is 2. The van der Waals surface area contributed by atoms with Crippen molar-refractivity contribution in [2.75, 3.05) is 18.5 Å². The predicted octanol–water partition coefficient (Wildman–Crippen LogP) is 5.39. The smallest absolute Gasteiger partial charge is 0.265 e. The van der Waals surface area contributed by atoms with E-state index in [1.165, 1.54) is 22.7 Å². The highest BCUT2D eigenvalue weighted by Crippen LogP contribution is 2.34. The first-order chi connectivity index (χ1) is 17.1. The van der Waals surface area contributed by atoms with E-state index in [0.717, 1.165) is 56.2 Å². The van der Waals surface area contributed by atoms with Gasteiger partial charge in [-0.15, -0.1) is 11.3 Å². The topological polar surface area (TPSA) is 89.8 Å². The van der Waals surface area contributed by atoms with Gasteiger partial charge < -0.3 is 20.1 Å². The van der Waals surface area contributed by atoms with Crippen LogP contribution < -0.4 is 15.4 Å². The van der Waals surface area contributed by atoms with Crippen molar-refractivity contribution in [3.8, 4) is 16.3 Å². The lowest BCUT2D eigenvalue weighted by Gasteiger charge is -2.26. The number of thiazole rings is 1. The number of hydrogen-bond acceptors (Lipinski definition) is 8. The molecule has 5 heterocycles. The van der Waals surface area contributed by atoms with Gasteiger partial charge in [-0.1, -0.05) is 23.5 Å². The fourth-order valence-corrected chi connectivity index (χ4v) is 5.65. The number of aromatic nitrogens is 3. The molecule has 8 nitrogen and oxygen atoms in total. The first-order valence-electron chi connectivity index (χ1n) is 11.4.